The average Bonchev–Trinajstić information content (AvgIpc) is 2.88. The van der Waals surface area contributed by atoms with Crippen LogP contribution in [-0.2, 0) is 11.0 Å². The van der Waals surface area contributed by atoms with E-state index in [-0.39, 0.29) is 24.2 Å². The summed E-state index contributed by atoms with van der Waals surface area (Å²) >= 11 is 0. The highest BCUT2D eigenvalue weighted by Gasteiger charge is 2.30. The first-order valence-corrected chi connectivity index (χ1v) is 6.82. The predicted molar refractivity (Wildman–Crippen MR) is 72.3 cm³/mol. The minimum absolute atomic E-state index is 0.0463. The standard InChI is InChI=1S/C14H17F3N2O3/c15-14(16,17)10-1-3-11(4-2-10)22-8-13(21)19-6-9-5-18-7-12(9)20/h1-4,9,12,18,20H,5-8H2,(H,19,21). The van der Waals surface area contributed by atoms with Crippen LogP contribution in [0.2, 0.25) is 0 Å². The molecule has 0 bridgehead atoms. The lowest BCUT2D eigenvalue weighted by molar-refractivity contribution is -0.137. The SMILES string of the molecule is O=C(COc1ccc(C(F)(F)F)cc1)NCC1CNCC1O. The Kier molecular flexibility index (Phi) is 5.25. The lowest BCUT2D eigenvalue weighted by Crippen LogP contribution is -2.36. The number of alkyl halides is 3. The van der Waals surface area contributed by atoms with Gasteiger partial charge in [-0.2, -0.15) is 13.2 Å². The number of carbonyl (C=O) groups is 1. The number of hydrogen-bond acceptors (Lipinski definition) is 4. The molecule has 0 radical (unpaired) electrons. The van der Waals surface area contributed by atoms with Gasteiger partial charge in [-0.1, -0.05) is 0 Å². The second-order valence-corrected chi connectivity index (χ2v) is 5.10. The van der Waals surface area contributed by atoms with Crippen LogP contribution in [-0.4, -0.2) is 43.4 Å². The zero-order valence-electron chi connectivity index (χ0n) is 11.7. The fourth-order valence-electron chi connectivity index (χ4n) is 2.11. The molecule has 2 unspecified atom stereocenters. The van der Waals surface area contributed by atoms with Crippen LogP contribution in [0.25, 0.3) is 0 Å². The molecule has 5 nitrogen and oxygen atoms in total. The van der Waals surface area contributed by atoms with Crippen molar-refractivity contribution in [1.29, 1.82) is 0 Å². The van der Waals surface area contributed by atoms with Gasteiger partial charge in [0, 0.05) is 25.6 Å². The Hall–Kier alpha value is -1.80. The lowest BCUT2D eigenvalue weighted by atomic mass is 10.1. The number of carbonyl (C=O) groups excluding carboxylic acids is 1. The monoisotopic (exact) mass is 318 g/mol. The van der Waals surface area contributed by atoms with E-state index < -0.39 is 17.8 Å². The third kappa shape index (κ3) is 4.60. The smallest absolute Gasteiger partial charge is 0.416 e. The Morgan fingerprint density at radius 1 is 1.32 bits per heavy atom. The van der Waals surface area contributed by atoms with Gasteiger partial charge in [-0.3, -0.25) is 4.79 Å². The zero-order chi connectivity index (χ0) is 16.2. The van der Waals surface area contributed by atoms with Crippen LogP contribution in [0.15, 0.2) is 24.3 Å². The Balaban J connectivity index is 1.74. The van der Waals surface area contributed by atoms with Crippen molar-refractivity contribution in [3.8, 4) is 5.75 Å². The molecule has 0 spiro atoms. The highest BCUT2D eigenvalue weighted by atomic mass is 19.4. The van der Waals surface area contributed by atoms with E-state index in [1.807, 2.05) is 0 Å². The molecule has 1 amide bonds. The molecule has 1 fully saturated rings. The molecule has 2 rings (SSSR count). The molecule has 0 aliphatic carbocycles. The second-order valence-electron chi connectivity index (χ2n) is 5.10. The van der Waals surface area contributed by atoms with Crippen molar-refractivity contribution in [3.63, 3.8) is 0 Å². The second kappa shape index (κ2) is 6.97. The summed E-state index contributed by atoms with van der Waals surface area (Å²) in [7, 11) is 0. The van der Waals surface area contributed by atoms with Crippen LogP contribution < -0.4 is 15.4 Å². The zero-order valence-corrected chi connectivity index (χ0v) is 11.7. The van der Waals surface area contributed by atoms with Crippen molar-refractivity contribution in [2.75, 3.05) is 26.2 Å². The van der Waals surface area contributed by atoms with Gasteiger partial charge in [0.25, 0.3) is 5.91 Å². The Morgan fingerprint density at radius 3 is 2.55 bits per heavy atom. The number of nitrogens with one attached hydrogen (secondary N) is 2. The van der Waals surface area contributed by atoms with Gasteiger partial charge in [-0.05, 0) is 24.3 Å². The fraction of sp³-hybridized carbons (Fsp3) is 0.500. The van der Waals surface area contributed by atoms with Gasteiger partial charge in [0.15, 0.2) is 6.61 Å². The summed E-state index contributed by atoms with van der Waals surface area (Å²) in [5.41, 5.74) is -0.771. The van der Waals surface area contributed by atoms with E-state index >= 15 is 0 Å². The Labute approximate surface area is 125 Å². The number of amides is 1. The molecule has 122 valence electrons. The molecule has 22 heavy (non-hydrogen) atoms. The summed E-state index contributed by atoms with van der Waals surface area (Å²) in [6.45, 7) is 1.16. The lowest BCUT2D eigenvalue weighted by Gasteiger charge is -2.14. The van der Waals surface area contributed by atoms with Crippen molar-refractivity contribution in [3.05, 3.63) is 29.8 Å². The van der Waals surface area contributed by atoms with E-state index in [1.54, 1.807) is 0 Å². The molecule has 3 N–H and O–H groups in total. The van der Waals surface area contributed by atoms with Crippen molar-refractivity contribution in [2.24, 2.45) is 5.92 Å². The van der Waals surface area contributed by atoms with Crippen LogP contribution in [0.4, 0.5) is 13.2 Å². The van der Waals surface area contributed by atoms with Crippen LogP contribution in [0.3, 0.4) is 0 Å². The van der Waals surface area contributed by atoms with Gasteiger partial charge < -0.3 is 20.5 Å². The van der Waals surface area contributed by atoms with Crippen LogP contribution in [0.1, 0.15) is 5.56 Å². The summed E-state index contributed by atoms with van der Waals surface area (Å²) in [6.07, 6.45) is -4.89. The molecule has 1 aromatic carbocycles. The maximum atomic E-state index is 12.4. The molecule has 1 heterocycles. The van der Waals surface area contributed by atoms with E-state index in [9.17, 15) is 23.1 Å². The number of ether oxygens (including phenoxy) is 1. The number of rotatable bonds is 5. The first-order chi connectivity index (χ1) is 10.4. The van der Waals surface area contributed by atoms with Crippen molar-refractivity contribution in [1.82, 2.24) is 10.6 Å². The normalized spacial score (nSPS) is 21.6. The molecular formula is C14H17F3N2O3. The van der Waals surface area contributed by atoms with Crippen LogP contribution in [0, 0.1) is 5.92 Å². The van der Waals surface area contributed by atoms with Gasteiger partial charge >= 0.3 is 6.18 Å². The summed E-state index contributed by atoms with van der Waals surface area (Å²) in [5.74, 6) is -0.250. The third-order valence-corrected chi connectivity index (χ3v) is 3.42. The largest absolute Gasteiger partial charge is 0.484 e. The van der Waals surface area contributed by atoms with Crippen molar-refractivity contribution < 1.29 is 27.8 Å². The first kappa shape index (κ1) is 16.6. The quantitative estimate of drug-likeness (QED) is 0.750. The van der Waals surface area contributed by atoms with E-state index in [1.165, 1.54) is 12.1 Å². The summed E-state index contributed by atoms with van der Waals surface area (Å²) in [6, 6.07) is 4.13. The maximum Gasteiger partial charge on any atom is 0.416 e. The predicted octanol–water partition coefficient (Wildman–Crippen LogP) is 0.781. The number of halogens is 3. The maximum absolute atomic E-state index is 12.4. The van der Waals surface area contributed by atoms with E-state index in [4.69, 9.17) is 4.74 Å². The molecule has 1 aliphatic heterocycles. The molecule has 1 aliphatic rings. The number of aliphatic hydroxyl groups is 1. The van der Waals surface area contributed by atoms with Gasteiger partial charge in [-0.25, -0.2) is 0 Å². The van der Waals surface area contributed by atoms with Gasteiger partial charge in [0.2, 0.25) is 0 Å². The topological polar surface area (TPSA) is 70.6 Å². The number of β-amino-alcohol motifs (C(OH)–C–C–N with tert-alkyl or cyclic N) is 1. The summed E-state index contributed by atoms with van der Waals surface area (Å²) in [5, 5.41) is 15.2. The molecule has 0 aromatic heterocycles. The van der Waals surface area contributed by atoms with Crippen LogP contribution in [0.5, 0.6) is 5.75 Å². The van der Waals surface area contributed by atoms with Gasteiger partial charge in [0.05, 0.1) is 11.7 Å². The minimum atomic E-state index is -4.40. The molecule has 2 atom stereocenters. The number of benzene rings is 1. The highest BCUT2D eigenvalue weighted by Crippen LogP contribution is 2.30. The van der Waals surface area contributed by atoms with Crippen molar-refractivity contribution in [2.45, 2.75) is 12.3 Å². The number of aliphatic hydroxyl groups excluding tert-OH is 1. The van der Waals surface area contributed by atoms with Gasteiger partial charge in [0.1, 0.15) is 5.75 Å². The minimum Gasteiger partial charge on any atom is -0.484 e. The molecular weight excluding hydrogens is 301 g/mol. The average molecular weight is 318 g/mol. The summed E-state index contributed by atoms with van der Waals surface area (Å²) in [4.78, 5) is 11.6. The van der Waals surface area contributed by atoms with Crippen LogP contribution >= 0.6 is 0 Å². The first-order valence-electron chi connectivity index (χ1n) is 6.82. The fourth-order valence-corrected chi connectivity index (χ4v) is 2.11. The molecule has 8 heteroatoms. The van der Waals surface area contributed by atoms with E-state index in [0.29, 0.717) is 19.6 Å². The Morgan fingerprint density at radius 2 is 2.00 bits per heavy atom. The summed E-state index contributed by atoms with van der Waals surface area (Å²) < 4.78 is 42.3. The molecule has 1 aromatic rings. The Bertz CT molecular complexity index is 505. The molecule has 1 saturated heterocycles. The van der Waals surface area contributed by atoms with E-state index in [2.05, 4.69) is 10.6 Å². The van der Waals surface area contributed by atoms with Crippen molar-refractivity contribution >= 4 is 5.91 Å². The van der Waals surface area contributed by atoms with E-state index in [0.717, 1.165) is 12.1 Å². The van der Waals surface area contributed by atoms with Gasteiger partial charge in [-0.15, -0.1) is 0 Å². The highest BCUT2D eigenvalue weighted by molar-refractivity contribution is 5.77. The molecule has 0 saturated carbocycles. The third-order valence-electron chi connectivity index (χ3n) is 3.42. The number of hydrogen-bond donors (Lipinski definition) is 3.